The first-order chi connectivity index (χ1) is 12.4. The number of hydrogen-bond acceptors (Lipinski definition) is 2. The molecule has 0 aliphatic heterocycles. The van der Waals surface area contributed by atoms with Crippen LogP contribution in [0, 0.1) is 13.8 Å². The summed E-state index contributed by atoms with van der Waals surface area (Å²) in [6, 6.07) is 22.2. The molecule has 0 saturated heterocycles. The van der Waals surface area contributed by atoms with Crippen molar-refractivity contribution in [2.45, 2.75) is 32.1 Å². The first-order valence-electron chi connectivity index (χ1n) is 8.69. The summed E-state index contributed by atoms with van der Waals surface area (Å²) in [6.07, 6.45) is 0.875. The minimum Gasteiger partial charge on any atom is -0.235 e. The van der Waals surface area contributed by atoms with E-state index in [-0.39, 0.29) is 4.90 Å². The van der Waals surface area contributed by atoms with E-state index in [9.17, 15) is 8.42 Å². The van der Waals surface area contributed by atoms with Crippen LogP contribution in [0.5, 0.6) is 0 Å². The Morgan fingerprint density at radius 1 is 0.692 bits per heavy atom. The molecule has 0 spiro atoms. The summed E-state index contributed by atoms with van der Waals surface area (Å²) in [5.41, 5.74) is 4.53. The van der Waals surface area contributed by atoms with Crippen molar-refractivity contribution < 1.29 is 8.42 Å². The molecule has 0 saturated carbocycles. The highest BCUT2D eigenvalue weighted by Crippen LogP contribution is 2.32. The summed E-state index contributed by atoms with van der Waals surface area (Å²) >= 11 is 0. The van der Waals surface area contributed by atoms with Crippen molar-refractivity contribution in [3.05, 3.63) is 89.5 Å². The Morgan fingerprint density at radius 3 is 1.50 bits per heavy atom. The van der Waals surface area contributed by atoms with Crippen molar-refractivity contribution in [3.8, 4) is 0 Å². The molecular weight excluding hydrogens is 342 g/mol. The van der Waals surface area contributed by atoms with Crippen LogP contribution in [0.4, 0.5) is 11.4 Å². The van der Waals surface area contributed by atoms with Crippen LogP contribution in [0.1, 0.15) is 23.6 Å². The predicted molar refractivity (Wildman–Crippen MR) is 108 cm³/mol. The van der Waals surface area contributed by atoms with Crippen molar-refractivity contribution in [2.24, 2.45) is 0 Å². The normalized spacial score (nSPS) is 11.3. The van der Waals surface area contributed by atoms with Crippen LogP contribution in [0.25, 0.3) is 0 Å². The van der Waals surface area contributed by atoms with Gasteiger partial charge in [0.1, 0.15) is 0 Å². The number of hydrogen-bond donors (Lipinski definition) is 0. The Labute approximate surface area is 156 Å². The van der Waals surface area contributed by atoms with Crippen molar-refractivity contribution in [1.29, 1.82) is 0 Å². The lowest BCUT2D eigenvalue weighted by molar-refractivity contribution is 0.596. The Bertz CT molecular complexity index is 928. The molecule has 4 heteroatoms. The lowest BCUT2D eigenvalue weighted by Crippen LogP contribution is -2.26. The molecule has 3 aromatic rings. The van der Waals surface area contributed by atoms with Gasteiger partial charge in [0.05, 0.1) is 16.3 Å². The van der Waals surface area contributed by atoms with Gasteiger partial charge in [-0.15, -0.1) is 0 Å². The molecule has 0 aliphatic rings. The van der Waals surface area contributed by atoms with Crippen molar-refractivity contribution in [1.82, 2.24) is 0 Å². The third kappa shape index (κ3) is 3.65. The smallest absolute Gasteiger partial charge is 0.235 e. The van der Waals surface area contributed by atoms with Crippen LogP contribution in [-0.2, 0) is 16.4 Å². The zero-order valence-electron chi connectivity index (χ0n) is 15.3. The highest BCUT2D eigenvalue weighted by atomic mass is 32.2. The highest BCUT2D eigenvalue weighted by molar-refractivity contribution is 7.93. The van der Waals surface area contributed by atoms with Gasteiger partial charge in [-0.05, 0) is 62.2 Å². The third-order valence-corrected chi connectivity index (χ3v) is 6.18. The Balaban J connectivity index is 2.15. The largest absolute Gasteiger partial charge is 0.268 e. The fourth-order valence-electron chi connectivity index (χ4n) is 2.79. The molecule has 3 rings (SSSR count). The van der Waals surface area contributed by atoms with E-state index >= 15 is 0 Å². The number of rotatable bonds is 5. The van der Waals surface area contributed by atoms with Crippen molar-refractivity contribution in [3.63, 3.8) is 0 Å². The molecule has 0 aromatic heterocycles. The molecule has 3 nitrogen and oxygen atoms in total. The highest BCUT2D eigenvalue weighted by Gasteiger charge is 2.26. The quantitative estimate of drug-likeness (QED) is 0.608. The summed E-state index contributed by atoms with van der Waals surface area (Å²) in [5.74, 6) is 0. The molecule has 3 aromatic carbocycles. The van der Waals surface area contributed by atoms with E-state index in [4.69, 9.17) is 0 Å². The Hall–Kier alpha value is -2.59. The third-order valence-electron chi connectivity index (χ3n) is 4.41. The summed E-state index contributed by atoms with van der Waals surface area (Å²) < 4.78 is 28.3. The molecule has 0 N–H and O–H groups in total. The maximum absolute atomic E-state index is 13.4. The Kier molecular flexibility index (Phi) is 5.14. The average molecular weight is 365 g/mol. The summed E-state index contributed by atoms with van der Waals surface area (Å²) in [4.78, 5) is 0.288. The molecular formula is C22H23NO2S. The van der Waals surface area contributed by atoms with E-state index in [1.54, 1.807) is 12.1 Å². The van der Waals surface area contributed by atoms with Gasteiger partial charge >= 0.3 is 0 Å². The molecule has 0 radical (unpaired) electrons. The Morgan fingerprint density at radius 2 is 1.12 bits per heavy atom. The molecule has 0 heterocycles. The van der Waals surface area contributed by atoms with E-state index in [1.165, 1.54) is 4.31 Å². The zero-order valence-corrected chi connectivity index (χ0v) is 16.1. The molecule has 0 unspecified atom stereocenters. The van der Waals surface area contributed by atoms with Gasteiger partial charge in [0, 0.05) is 0 Å². The van der Waals surface area contributed by atoms with Gasteiger partial charge in [-0.25, -0.2) is 12.7 Å². The van der Waals surface area contributed by atoms with Crippen LogP contribution in [0.3, 0.4) is 0 Å². The fourth-order valence-corrected chi connectivity index (χ4v) is 4.28. The van der Waals surface area contributed by atoms with E-state index in [0.717, 1.165) is 23.1 Å². The first kappa shape index (κ1) is 18.2. The molecule has 134 valence electrons. The summed E-state index contributed by atoms with van der Waals surface area (Å²) in [5, 5.41) is 0. The minimum absolute atomic E-state index is 0.288. The summed E-state index contributed by atoms with van der Waals surface area (Å²) in [7, 11) is -3.72. The average Bonchev–Trinajstić information content (AvgIpc) is 2.65. The van der Waals surface area contributed by atoms with Crippen LogP contribution >= 0.6 is 0 Å². The number of sulfonamides is 1. The van der Waals surface area contributed by atoms with Gasteiger partial charge in [0.25, 0.3) is 10.0 Å². The minimum atomic E-state index is -3.72. The molecule has 0 amide bonds. The fraction of sp³-hybridized carbons (Fsp3) is 0.182. The number of anilines is 2. The SMILES string of the molecule is CCc1ccc(S(=O)(=O)N(c2ccc(C)cc2)c2ccc(C)cc2)cc1. The van der Waals surface area contributed by atoms with Gasteiger partial charge in [-0.1, -0.05) is 54.4 Å². The van der Waals surface area contributed by atoms with E-state index < -0.39 is 10.0 Å². The molecule has 0 aliphatic carbocycles. The number of benzene rings is 3. The molecule has 0 atom stereocenters. The van der Waals surface area contributed by atoms with E-state index in [1.807, 2.05) is 74.5 Å². The monoisotopic (exact) mass is 365 g/mol. The van der Waals surface area contributed by atoms with Gasteiger partial charge in [0.2, 0.25) is 0 Å². The second-order valence-electron chi connectivity index (χ2n) is 6.44. The zero-order chi connectivity index (χ0) is 18.7. The van der Waals surface area contributed by atoms with Gasteiger partial charge < -0.3 is 0 Å². The van der Waals surface area contributed by atoms with Crippen LogP contribution in [0.15, 0.2) is 77.7 Å². The van der Waals surface area contributed by atoms with Crippen LogP contribution < -0.4 is 4.31 Å². The molecule has 0 fully saturated rings. The predicted octanol–water partition coefficient (Wildman–Crippen LogP) is 5.39. The lowest BCUT2D eigenvalue weighted by Gasteiger charge is -2.25. The second-order valence-corrected chi connectivity index (χ2v) is 8.22. The molecule has 26 heavy (non-hydrogen) atoms. The topological polar surface area (TPSA) is 37.4 Å². The second kappa shape index (κ2) is 7.34. The van der Waals surface area contributed by atoms with Crippen LogP contribution in [0.2, 0.25) is 0 Å². The van der Waals surface area contributed by atoms with Crippen molar-refractivity contribution >= 4 is 21.4 Å². The van der Waals surface area contributed by atoms with E-state index in [0.29, 0.717) is 11.4 Å². The number of aryl methyl sites for hydroxylation is 3. The molecule has 0 bridgehead atoms. The van der Waals surface area contributed by atoms with Gasteiger partial charge in [-0.3, -0.25) is 0 Å². The van der Waals surface area contributed by atoms with Gasteiger partial charge in [0.15, 0.2) is 0 Å². The lowest BCUT2D eigenvalue weighted by atomic mass is 10.2. The first-order valence-corrected chi connectivity index (χ1v) is 10.1. The summed E-state index contributed by atoms with van der Waals surface area (Å²) in [6.45, 7) is 6.02. The van der Waals surface area contributed by atoms with Crippen molar-refractivity contribution in [2.75, 3.05) is 4.31 Å². The van der Waals surface area contributed by atoms with Crippen LogP contribution in [-0.4, -0.2) is 8.42 Å². The van der Waals surface area contributed by atoms with Gasteiger partial charge in [-0.2, -0.15) is 0 Å². The number of nitrogens with zero attached hydrogens (tertiary/aromatic N) is 1. The maximum atomic E-state index is 13.4. The van der Waals surface area contributed by atoms with E-state index in [2.05, 4.69) is 6.92 Å². The standard InChI is InChI=1S/C22H23NO2S/c1-4-19-9-15-22(16-10-19)26(24,25)23(20-11-5-17(2)6-12-20)21-13-7-18(3)8-14-21/h5-16H,4H2,1-3H3. The maximum Gasteiger partial charge on any atom is 0.268 e.